The molecule has 0 radical (unpaired) electrons. The fourth-order valence-corrected chi connectivity index (χ4v) is 3.65. The minimum atomic E-state index is -0.978. The molecule has 0 saturated carbocycles. The van der Waals surface area contributed by atoms with Crippen molar-refractivity contribution < 1.29 is 23.8 Å². The Hall–Kier alpha value is -3.20. The summed E-state index contributed by atoms with van der Waals surface area (Å²) in [6.45, 7) is 7.25. The molecule has 1 aromatic heterocycles. The van der Waals surface area contributed by atoms with E-state index in [0.717, 1.165) is 11.1 Å². The zero-order valence-corrected chi connectivity index (χ0v) is 19.0. The van der Waals surface area contributed by atoms with E-state index in [-0.39, 0.29) is 12.0 Å². The van der Waals surface area contributed by atoms with Crippen molar-refractivity contribution >= 4 is 29.1 Å². The van der Waals surface area contributed by atoms with Gasteiger partial charge in [-0.25, -0.2) is 14.8 Å². The molecule has 3 rings (SSSR count). The van der Waals surface area contributed by atoms with Crippen molar-refractivity contribution in [3.05, 3.63) is 36.0 Å². The van der Waals surface area contributed by atoms with Crippen LogP contribution in [-0.2, 0) is 14.3 Å². The van der Waals surface area contributed by atoms with E-state index in [2.05, 4.69) is 15.3 Å². The lowest BCUT2D eigenvalue weighted by atomic mass is 9.87. The van der Waals surface area contributed by atoms with Gasteiger partial charge >= 0.3 is 6.09 Å². The van der Waals surface area contributed by atoms with Crippen molar-refractivity contribution in [2.24, 2.45) is 11.7 Å². The molecule has 4 atom stereocenters. The molecule has 1 unspecified atom stereocenters. The molecule has 2 heterocycles. The van der Waals surface area contributed by atoms with E-state index in [1.807, 2.05) is 37.3 Å². The Bertz CT molecular complexity index is 1020. The van der Waals surface area contributed by atoms with Crippen molar-refractivity contribution in [3.8, 4) is 5.88 Å². The summed E-state index contributed by atoms with van der Waals surface area (Å²) in [5, 5.41) is 2.74. The van der Waals surface area contributed by atoms with E-state index in [0.29, 0.717) is 17.8 Å². The third-order valence-corrected chi connectivity index (χ3v) is 5.11. The van der Waals surface area contributed by atoms with Gasteiger partial charge in [0, 0.05) is 5.56 Å². The monoisotopic (exact) mass is 442 g/mol. The summed E-state index contributed by atoms with van der Waals surface area (Å²) in [7, 11) is 1.54. The molecule has 0 bridgehead atoms. The molecule has 1 aromatic carbocycles. The number of hydrogen-bond acceptors (Lipinski definition) is 7. The molecular formula is C23H30N4O5. The van der Waals surface area contributed by atoms with E-state index >= 15 is 0 Å². The van der Waals surface area contributed by atoms with Crippen LogP contribution in [0.15, 0.2) is 30.5 Å². The van der Waals surface area contributed by atoms with Crippen molar-refractivity contribution in [2.45, 2.75) is 58.0 Å². The van der Waals surface area contributed by atoms with Crippen LogP contribution in [0.5, 0.6) is 5.88 Å². The predicted octanol–water partition coefficient (Wildman–Crippen LogP) is 2.82. The summed E-state index contributed by atoms with van der Waals surface area (Å²) >= 11 is 0. The van der Waals surface area contributed by atoms with Crippen LogP contribution < -0.4 is 15.8 Å². The SMILES string of the molecule is COc1cnc2cccc(/C=C/[C@@H]3CC(C)[C@@H](NC(=O)OC(C)(C)C)[C@H](C(N)=O)O3)c2n1. The molecule has 1 aliphatic rings. The molecule has 2 aromatic rings. The van der Waals surface area contributed by atoms with E-state index in [1.165, 1.54) is 7.11 Å². The summed E-state index contributed by atoms with van der Waals surface area (Å²) in [5.74, 6) is -0.293. The smallest absolute Gasteiger partial charge is 0.407 e. The Kier molecular flexibility index (Phi) is 6.98. The van der Waals surface area contributed by atoms with Crippen LogP contribution in [-0.4, -0.2) is 52.9 Å². The van der Waals surface area contributed by atoms with Crippen molar-refractivity contribution in [1.29, 1.82) is 0 Å². The number of ether oxygens (including phenoxy) is 3. The van der Waals surface area contributed by atoms with Crippen molar-refractivity contribution in [2.75, 3.05) is 7.11 Å². The molecular weight excluding hydrogens is 412 g/mol. The lowest BCUT2D eigenvalue weighted by molar-refractivity contribution is -0.141. The first-order valence-corrected chi connectivity index (χ1v) is 10.5. The van der Waals surface area contributed by atoms with Gasteiger partial charge < -0.3 is 25.3 Å². The summed E-state index contributed by atoms with van der Waals surface area (Å²) in [4.78, 5) is 33.2. The molecule has 9 heteroatoms. The number of nitrogens with zero attached hydrogens (tertiary/aromatic N) is 2. The Balaban J connectivity index is 1.77. The second-order valence-corrected chi connectivity index (χ2v) is 8.87. The number of para-hydroxylation sites is 1. The van der Waals surface area contributed by atoms with Crippen molar-refractivity contribution in [1.82, 2.24) is 15.3 Å². The lowest BCUT2D eigenvalue weighted by Crippen LogP contribution is -2.58. The maximum Gasteiger partial charge on any atom is 0.407 e. The van der Waals surface area contributed by atoms with Crippen LogP contribution >= 0.6 is 0 Å². The van der Waals surface area contributed by atoms with Crippen LogP contribution in [0.2, 0.25) is 0 Å². The molecule has 32 heavy (non-hydrogen) atoms. The highest BCUT2D eigenvalue weighted by Gasteiger charge is 2.40. The molecule has 3 N–H and O–H groups in total. The average Bonchev–Trinajstić information content (AvgIpc) is 2.71. The first-order chi connectivity index (χ1) is 15.1. The Morgan fingerprint density at radius 1 is 1.31 bits per heavy atom. The number of alkyl carbamates (subject to hydrolysis) is 1. The highest BCUT2D eigenvalue weighted by Crippen LogP contribution is 2.28. The summed E-state index contributed by atoms with van der Waals surface area (Å²) in [5.41, 5.74) is 7.21. The molecule has 2 amide bonds. The molecule has 0 aliphatic carbocycles. The van der Waals surface area contributed by atoms with Gasteiger partial charge in [0.15, 0.2) is 6.10 Å². The number of carbonyl (C=O) groups is 2. The normalized spacial score (nSPS) is 23.8. The van der Waals surface area contributed by atoms with Gasteiger partial charge in [0.05, 0.1) is 36.5 Å². The fraction of sp³-hybridized carbons (Fsp3) is 0.478. The number of benzene rings is 1. The number of hydrogen-bond donors (Lipinski definition) is 2. The topological polar surface area (TPSA) is 126 Å². The number of fused-ring (bicyclic) bond motifs is 1. The largest absolute Gasteiger partial charge is 0.480 e. The van der Waals surface area contributed by atoms with E-state index in [4.69, 9.17) is 19.9 Å². The molecule has 1 saturated heterocycles. The van der Waals surface area contributed by atoms with Gasteiger partial charge in [-0.1, -0.05) is 31.2 Å². The molecule has 1 aliphatic heterocycles. The molecule has 0 spiro atoms. The van der Waals surface area contributed by atoms with E-state index in [9.17, 15) is 9.59 Å². The molecule has 172 valence electrons. The minimum absolute atomic E-state index is 0.0733. The molecule has 1 fully saturated rings. The van der Waals surface area contributed by atoms with Gasteiger partial charge in [-0.15, -0.1) is 0 Å². The summed E-state index contributed by atoms with van der Waals surface area (Å²) in [6, 6.07) is 5.09. The van der Waals surface area contributed by atoms with Crippen LogP contribution in [0, 0.1) is 5.92 Å². The van der Waals surface area contributed by atoms with Gasteiger partial charge in [-0.3, -0.25) is 4.79 Å². The molecule has 9 nitrogen and oxygen atoms in total. The zero-order chi connectivity index (χ0) is 23.5. The van der Waals surface area contributed by atoms with Crippen LogP contribution in [0.3, 0.4) is 0 Å². The minimum Gasteiger partial charge on any atom is -0.480 e. The van der Waals surface area contributed by atoms with E-state index < -0.39 is 29.7 Å². The zero-order valence-electron chi connectivity index (χ0n) is 19.0. The van der Waals surface area contributed by atoms with Gasteiger partial charge in [0.2, 0.25) is 11.8 Å². The van der Waals surface area contributed by atoms with Gasteiger partial charge in [0.1, 0.15) is 5.60 Å². The maximum absolute atomic E-state index is 12.2. The number of nitrogens with one attached hydrogen (secondary N) is 1. The van der Waals surface area contributed by atoms with Crippen LogP contribution in [0.25, 0.3) is 17.1 Å². The highest BCUT2D eigenvalue weighted by atomic mass is 16.6. The maximum atomic E-state index is 12.2. The summed E-state index contributed by atoms with van der Waals surface area (Å²) in [6.07, 6.45) is 3.94. The number of carbonyl (C=O) groups excluding carboxylic acids is 2. The summed E-state index contributed by atoms with van der Waals surface area (Å²) < 4.78 is 16.4. The van der Waals surface area contributed by atoms with Crippen molar-refractivity contribution in [3.63, 3.8) is 0 Å². The predicted molar refractivity (Wildman–Crippen MR) is 120 cm³/mol. The van der Waals surface area contributed by atoms with Gasteiger partial charge in [0.25, 0.3) is 0 Å². The number of methoxy groups -OCH3 is 1. The number of nitrogens with two attached hydrogens (primary N) is 1. The van der Waals surface area contributed by atoms with Gasteiger partial charge in [-0.05, 0) is 39.2 Å². The second kappa shape index (κ2) is 9.52. The third-order valence-electron chi connectivity index (χ3n) is 5.11. The second-order valence-electron chi connectivity index (χ2n) is 8.87. The lowest BCUT2D eigenvalue weighted by Gasteiger charge is -2.39. The third kappa shape index (κ3) is 5.73. The Labute approximate surface area is 187 Å². The standard InChI is InChI=1S/C23H30N4O5/c1-13-11-15(31-20(21(24)28)18(13)27-22(29)32-23(2,3)4)10-9-14-7-6-8-16-19(14)26-17(30-5)12-25-16/h6-10,12-13,15,18,20H,11H2,1-5H3,(H2,24,28)(H,27,29)/b10-9+/t13?,15-,18-,20-/m1/s1. The van der Waals surface area contributed by atoms with Crippen LogP contribution in [0.4, 0.5) is 4.79 Å². The quantitative estimate of drug-likeness (QED) is 0.729. The Morgan fingerprint density at radius 3 is 2.72 bits per heavy atom. The van der Waals surface area contributed by atoms with Gasteiger partial charge in [-0.2, -0.15) is 0 Å². The number of amides is 2. The average molecular weight is 443 g/mol. The Morgan fingerprint density at radius 2 is 2.06 bits per heavy atom. The number of primary amides is 1. The van der Waals surface area contributed by atoms with Crippen LogP contribution in [0.1, 0.15) is 39.7 Å². The number of rotatable bonds is 5. The first-order valence-electron chi connectivity index (χ1n) is 10.5. The fourth-order valence-electron chi connectivity index (χ4n) is 3.65. The highest BCUT2D eigenvalue weighted by molar-refractivity contribution is 5.84. The van der Waals surface area contributed by atoms with E-state index in [1.54, 1.807) is 27.0 Å². The number of aromatic nitrogens is 2. The first kappa shape index (κ1) is 23.5.